The van der Waals surface area contributed by atoms with Crippen LogP contribution in [0, 0.1) is 12.7 Å². The molecular formula is C18H17FN4O2S. The largest absolute Gasteiger partial charge is 0.379 e. The normalized spacial score (nSPS) is 10.5. The van der Waals surface area contributed by atoms with Crippen LogP contribution in [-0.2, 0) is 18.0 Å². The van der Waals surface area contributed by atoms with Crippen LogP contribution < -0.4 is 10.8 Å². The predicted molar refractivity (Wildman–Crippen MR) is 97.1 cm³/mol. The van der Waals surface area contributed by atoms with Gasteiger partial charge in [0.1, 0.15) is 6.61 Å². The Kier molecular flexibility index (Phi) is 5.88. The standard InChI is InChI=1S/C18H17FN4O2S/c1-12-22-14(11-26-12)10-25-23-18(24)15-3-2-4-16(17(15)19)21-9-13-5-7-20-8-6-13/h2-8,11,21H,9-10H2,1H3,(H,23,24). The number of nitrogens with zero attached hydrogens (tertiary/aromatic N) is 2. The van der Waals surface area contributed by atoms with E-state index < -0.39 is 11.7 Å². The molecule has 2 N–H and O–H groups in total. The number of hydrogen-bond acceptors (Lipinski definition) is 6. The molecule has 0 bridgehead atoms. The number of hydroxylamine groups is 1. The Balaban J connectivity index is 1.59. The number of halogens is 1. The summed E-state index contributed by atoms with van der Waals surface area (Å²) in [4.78, 5) is 25.4. The lowest BCUT2D eigenvalue weighted by Crippen LogP contribution is -2.25. The van der Waals surface area contributed by atoms with Crippen molar-refractivity contribution in [2.75, 3.05) is 5.32 Å². The third-order valence-electron chi connectivity index (χ3n) is 3.53. The van der Waals surface area contributed by atoms with Crippen LogP contribution in [-0.4, -0.2) is 15.9 Å². The number of amides is 1. The van der Waals surface area contributed by atoms with Crippen molar-refractivity contribution in [2.24, 2.45) is 0 Å². The Bertz CT molecular complexity index is 886. The van der Waals surface area contributed by atoms with Gasteiger partial charge in [-0.3, -0.25) is 14.6 Å². The fraction of sp³-hybridized carbons (Fsp3) is 0.167. The van der Waals surface area contributed by atoms with Gasteiger partial charge in [0, 0.05) is 24.3 Å². The first-order chi connectivity index (χ1) is 12.6. The number of nitrogens with one attached hydrogen (secondary N) is 2. The molecule has 0 unspecified atom stereocenters. The first-order valence-electron chi connectivity index (χ1n) is 7.88. The monoisotopic (exact) mass is 372 g/mol. The molecule has 0 aliphatic rings. The van der Waals surface area contributed by atoms with Crippen LogP contribution in [0.1, 0.15) is 26.6 Å². The van der Waals surface area contributed by atoms with Crippen LogP contribution in [0.25, 0.3) is 0 Å². The number of aromatic nitrogens is 2. The minimum absolute atomic E-state index is 0.0980. The molecule has 1 amide bonds. The molecule has 2 aromatic heterocycles. The fourth-order valence-electron chi connectivity index (χ4n) is 2.25. The molecule has 8 heteroatoms. The van der Waals surface area contributed by atoms with E-state index >= 15 is 0 Å². The molecule has 3 aromatic rings. The Labute approximate surface area is 154 Å². The van der Waals surface area contributed by atoms with Gasteiger partial charge in [0.25, 0.3) is 5.91 Å². The van der Waals surface area contributed by atoms with E-state index in [0.717, 1.165) is 10.6 Å². The van der Waals surface area contributed by atoms with Gasteiger partial charge in [-0.05, 0) is 36.8 Å². The van der Waals surface area contributed by atoms with E-state index in [-0.39, 0.29) is 17.9 Å². The van der Waals surface area contributed by atoms with E-state index in [0.29, 0.717) is 12.2 Å². The molecule has 134 valence electrons. The van der Waals surface area contributed by atoms with Crippen LogP contribution in [0.3, 0.4) is 0 Å². The van der Waals surface area contributed by atoms with Gasteiger partial charge in [0.15, 0.2) is 5.82 Å². The molecule has 0 saturated heterocycles. The molecule has 3 rings (SSSR count). The predicted octanol–water partition coefficient (Wildman–Crippen LogP) is 3.46. The lowest BCUT2D eigenvalue weighted by Gasteiger charge is -2.11. The summed E-state index contributed by atoms with van der Waals surface area (Å²) in [5.41, 5.74) is 4.05. The van der Waals surface area contributed by atoms with Crippen molar-refractivity contribution in [3.63, 3.8) is 0 Å². The summed E-state index contributed by atoms with van der Waals surface area (Å²) in [7, 11) is 0. The topological polar surface area (TPSA) is 76.1 Å². The number of benzene rings is 1. The average molecular weight is 372 g/mol. The van der Waals surface area contributed by atoms with E-state index in [1.807, 2.05) is 24.4 Å². The van der Waals surface area contributed by atoms with Crippen molar-refractivity contribution in [1.29, 1.82) is 0 Å². The zero-order valence-corrected chi connectivity index (χ0v) is 14.8. The van der Waals surface area contributed by atoms with Gasteiger partial charge in [0.2, 0.25) is 0 Å². The summed E-state index contributed by atoms with van der Waals surface area (Å²) in [5, 5.41) is 5.73. The second-order valence-corrected chi connectivity index (χ2v) is 6.52. The summed E-state index contributed by atoms with van der Waals surface area (Å²) in [6.07, 6.45) is 3.33. The Morgan fingerprint density at radius 1 is 1.27 bits per heavy atom. The lowest BCUT2D eigenvalue weighted by molar-refractivity contribution is 0.0220. The highest BCUT2D eigenvalue weighted by atomic mass is 32.1. The summed E-state index contributed by atoms with van der Waals surface area (Å²) in [6.45, 7) is 2.43. The van der Waals surface area contributed by atoms with Gasteiger partial charge in [-0.15, -0.1) is 11.3 Å². The minimum atomic E-state index is -0.651. The fourth-order valence-corrected chi connectivity index (χ4v) is 2.84. The smallest absolute Gasteiger partial charge is 0.277 e. The van der Waals surface area contributed by atoms with Gasteiger partial charge in [-0.25, -0.2) is 14.9 Å². The van der Waals surface area contributed by atoms with E-state index in [9.17, 15) is 9.18 Å². The zero-order chi connectivity index (χ0) is 18.4. The molecule has 2 heterocycles. The van der Waals surface area contributed by atoms with Crippen LogP contribution >= 0.6 is 11.3 Å². The quantitative estimate of drug-likeness (QED) is 0.621. The van der Waals surface area contributed by atoms with E-state index in [1.54, 1.807) is 24.5 Å². The van der Waals surface area contributed by atoms with Crippen molar-refractivity contribution in [3.05, 3.63) is 75.8 Å². The zero-order valence-electron chi connectivity index (χ0n) is 14.0. The highest BCUT2D eigenvalue weighted by Gasteiger charge is 2.15. The number of pyridine rings is 1. The number of carbonyl (C=O) groups excluding carboxylic acids is 1. The number of aryl methyl sites for hydroxylation is 1. The first kappa shape index (κ1) is 18.0. The van der Waals surface area contributed by atoms with Crippen LogP contribution in [0.2, 0.25) is 0 Å². The lowest BCUT2D eigenvalue weighted by atomic mass is 10.1. The van der Waals surface area contributed by atoms with Crippen LogP contribution in [0.4, 0.5) is 10.1 Å². The number of thiazole rings is 1. The molecular weight excluding hydrogens is 355 g/mol. The second-order valence-electron chi connectivity index (χ2n) is 5.45. The van der Waals surface area contributed by atoms with E-state index in [2.05, 4.69) is 20.8 Å². The van der Waals surface area contributed by atoms with Gasteiger partial charge < -0.3 is 5.32 Å². The number of hydrogen-bond donors (Lipinski definition) is 2. The molecule has 26 heavy (non-hydrogen) atoms. The SMILES string of the molecule is Cc1nc(CONC(=O)c2cccc(NCc3ccncc3)c2F)cs1. The van der Waals surface area contributed by atoms with Crippen LogP contribution in [0.15, 0.2) is 48.1 Å². The maximum absolute atomic E-state index is 14.6. The Morgan fingerprint density at radius 2 is 2.08 bits per heavy atom. The van der Waals surface area contributed by atoms with Crippen molar-refractivity contribution in [2.45, 2.75) is 20.1 Å². The summed E-state index contributed by atoms with van der Waals surface area (Å²) >= 11 is 1.49. The molecule has 0 atom stereocenters. The number of rotatable bonds is 7. The molecule has 0 fully saturated rings. The van der Waals surface area contributed by atoms with Gasteiger partial charge >= 0.3 is 0 Å². The van der Waals surface area contributed by atoms with E-state index in [4.69, 9.17) is 4.84 Å². The molecule has 0 saturated carbocycles. The summed E-state index contributed by atoms with van der Waals surface area (Å²) < 4.78 is 14.6. The molecule has 6 nitrogen and oxygen atoms in total. The average Bonchev–Trinajstić information content (AvgIpc) is 3.07. The van der Waals surface area contributed by atoms with Gasteiger partial charge in [0.05, 0.1) is 22.0 Å². The Hall–Kier alpha value is -2.84. The highest BCUT2D eigenvalue weighted by molar-refractivity contribution is 7.09. The minimum Gasteiger partial charge on any atom is -0.379 e. The molecule has 0 aliphatic carbocycles. The van der Waals surface area contributed by atoms with Crippen molar-refractivity contribution in [1.82, 2.24) is 15.4 Å². The molecule has 0 aliphatic heterocycles. The molecule has 1 aromatic carbocycles. The molecule has 0 spiro atoms. The Morgan fingerprint density at radius 3 is 2.81 bits per heavy atom. The van der Waals surface area contributed by atoms with Crippen LogP contribution in [0.5, 0.6) is 0 Å². The maximum Gasteiger partial charge on any atom is 0.277 e. The van der Waals surface area contributed by atoms with Crippen molar-refractivity contribution in [3.8, 4) is 0 Å². The third-order valence-corrected chi connectivity index (χ3v) is 4.35. The van der Waals surface area contributed by atoms with Gasteiger partial charge in [-0.1, -0.05) is 6.07 Å². The third kappa shape index (κ3) is 4.62. The second kappa shape index (κ2) is 8.50. The van der Waals surface area contributed by atoms with E-state index in [1.165, 1.54) is 17.4 Å². The van der Waals surface area contributed by atoms with Crippen molar-refractivity contribution < 1.29 is 14.0 Å². The number of carbonyl (C=O) groups is 1. The van der Waals surface area contributed by atoms with Gasteiger partial charge in [-0.2, -0.15) is 0 Å². The van der Waals surface area contributed by atoms with Crippen molar-refractivity contribution >= 4 is 22.9 Å². The number of anilines is 1. The summed E-state index contributed by atoms with van der Waals surface area (Å²) in [5.74, 6) is -1.28. The summed E-state index contributed by atoms with van der Waals surface area (Å²) in [6, 6.07) is 8.24. The first-order valence-corrected chi connectivity index (χ1v) is 8.76. The molecule has 0 radical (unpaired) electrons. The maximum atomic E-state index is 14.6. The highest BCUT2D eigenvalue weighted by Crippen LogP contribution is 2.19.